The van der Waals surface area contributed by atoms with Gasteiger partial charge >= 0.3 is 0 Å². The van der Waals surface area contributed by atoms with Crippen molar-refractivity contribution in [1.82, 2.24) is 25.2 Å². The SMILES string of the molecule is CCN1CCCC1CNc1nc(Nc2ccc(OC)c(F)c2)nc(NC2CCNC2)n1. The molecule has 0 saturated carbocycles. The molecule has 0 bridgehead atoms. The van der Waals surface area contributed by atoms with Crippen molar-refractivity contribution in [3.63, 3.8) is 0 Å². The maximum atomic E-state index is 14.1. The van der Waals surface area contributed by atoms with Crippen molar-refractivity contribution in [3.05, 3.63) is 24.0 Å². The van der Waals surface area contributed by atoms with Crippen LogP contribution in [0.2, 0.25) is 0 Å². The zero-order valence-electron chi connectivity index (χ0n) is 18.1. The molecular formula is C21H31FN8O. The molecule has 168 valence electrons. The number of likely N-dealkylation sites (N-methyl/N-ethyl adjacent to an activating group) is 1. The highest BCUT2D eigenvalue weighted by molar-refractivity contribution is 5.57. The molecule has 0 radical (unpaired) electrons. The number of aromatic nitrogens is 3. The van der Waals surface area contributed by atoms with Crippen LogP contribution >= 0.6 is 0 Å². The number of halogens is 1. The van der Waals surface area contributed by atoms with Gasteiger partial charge in [-0.3, -0.25) is 4.90 Å². The highest BCUT2D eigenvalue weighted by Crippen LogP contribution is 2.23. The van der Waals surface area contributed by atoms with Gasteiger partial charge in [0.1, 0.15) is 0 Å². The summed E-state index contributed by atoms with van der Waals surface area (Å²) in [7, 11) is 1.44. The van der Waals surface area contributed by atoms with Crippen LogP contribution in [-0.2, 0) is 0 Å². The molecule has 4 rings (SSSR count). The zero-order valence-corrected chi connectivity index (χ0v) is 18.1. The number of rotatable bonds is 9. The predicted molar refractivity (Wildman–Crippen MR) is 120 cm³/mol. The van der Waals surface area contributed by atoms with Gasteiger partial charge in [-0.15, -0.1) is 0 Å². The summed E-state index contributed by atoms with van der Waals surface area (Å²) in [6.45, 7) is 6.99. The summed E-state index contributed by atoms with van der Waals surface area (Å²) in [5, 5.41) is 13.2. The Balaban J connectivity index is 1.51. The highest BCUT2D eigenvalue weighted by atomic mass is 19.1. The van der Waals surface area contributed by atoms with E-state index in [1.54, 1.807) is 12.1 Å². The third-order valence-electron chi connectivity index (χ3n) is 5.84. The van der Waals surface area contributed by atoms with Gasteiger partial charge in [-0.25, -0.2) is 4.39 Å². The van der Waals surface area contributed by atoms with Crippen molar-refractivity contribution in [3.8, 4) is 5.75 Å². The van der Waals surface area contributed by atoms with Crippen molar-refractivity contribution < 1.29 is 9.13 Å². The van der Waals surface area contributed by atoms with Gasteiger partial charge in [0.25, 0.3) is 0 Å². The van der Waals surface area contributed by atoms with E-state index in [4.69, 9.17) is 4.74 Å². The molecule has 3 heterocycles. The summed E-state index contributed by atoms with van der Waals surface area (Å²) in [4.78, 5) is 16.1. The minimum atomic E-state index is -0.448. The number of likely N-dealkylation sites (tertiary alicyclic amines) is 1. The Morgan fingerprint density at radius 1 is 1.19 bits per heavy atom. The summed E-state index contributed by atoms with van der Waals surface area (Å²) in [6.07, 6.45) is 3.39. The van der Waals surface area contributed by atoms with E-state index in [-0.39, 0.29) is 11.8 Å². The van der Waals surface area contributed by atoms with E-state index in [0.717, 1.165) is 39.1 Å². The minimum absolute atomic E-state index is 0.191. The zero-order chi connectivity index (χ0) is 21.6. The van der Waals surface area contributed by atoms with E-state index in [0.29, 0.717) is 29.6 Å². The number of nitrogens with one attached hydrogen (secondary N) is 4. The van der Waals surface area contributed by atoms with Gasteiger partial charge in [0.15, 0.2) is 11.6 Å². The first-order chi connectivity index (χ1) is 15.1. The van der Waals surface area contributed by atoms with Gasteiger partial charge in [-0.1, -0.05) is 6.92 Å². The molecule has 0 spiro atoms. The van der Waals surface area contributed by atoms with Crippen LogP contribution < -0.4 is 26.0 Å². The summed E-state index contributed by atoms with van der Waals surface area (Å²) in [5.41, 5.74) is 0.539. The summed E-state index contributed by atoms with van der Waals surface area (Å²) >= 11 is 0. The Kier molecular flexibility index (Phi) is 6.98. The number of anilines is 4. The van der Waals surface area contributed by atoms with Crippen LogP contribution in [0, 0.1) is 5.82 Å². The molecule has 2 aromatic rings. The lowest BCUT2D eigenvalue weighted by Gasteiger charge is -2.23. The third kappa shape index (κ3) is 5.50. The Hall–Kier alpha value is -2.72. The minimum Gasteiger partial charge on any atom is -0.494 e. The second-order valence-electron chi connectivity index (χ2n) is 7.92. The number of nitrogens with zero attached hydrogens (tertiary/aromatic N) is 4. The highest BCUT2D eigenvalue weighted by Gasteiger charge is 2.23. The van der Waals surface area contributed by atoms with E-state index in [2.05, 4.69) is 48.0 Å². The van der Waals surface area contributed by atoms with Gasteiger partial charge in [0, 0.05) is 36.9 Å². The molecule has 2 unspecified atom stereocenters. The molecular weight excluding hydrogens is 399 g/mol. The predicted octanol–water partition coefficient (Wildman–Crippen LogP) is 2.43. The van der Waals surface area contributed by atoms with Gasteiger partial charge in [0.2, 0.25) is 17.8 Å². The van der Waals surface area contributed by atoms with E-state index in [1.807, 2.05) is 0 Å². The largest absolute Gasteiger partial charge is 0.494 e. The van der Waals surface area contributed by atoms with Crippen LogP contribution in [-0.4, -0.2) is 71.8 Å². The number of methoxy groups -OCH3 is 1. The monoisotopic (exact) mass is 430 g/mol. The van der Waals surface area contributed by atoms with Crippen molar-refractivity contribution in [2.45, 2.75) is 38.3 Å². The fourth-order valence-electron chi connectivity index (χ4n) is 4.16. The number of ether oxygens (including phenoxy) is 1. The fourth-order valence-corrected chi connectivity index (χ4v) is 4.16. The maximum Gasteiger partial charge on any atom is 0.233 e. The lowest BCUT2D eigenvalue weighted by atomic mass is 10.2. The van der Waals surface area contributed by atoms with Crippen molar-refractivity contribution in [2.24, 2.45) is 0 Å². The molecule has 9 nitrogen and oxygen atoms in total. The van der Waals surface area contributed by atoms with Crippen LogP contribution in [0.3, 0.4) is 0 Å². The average molecular weight is 431 g/mol. The Morgan fingerprint density at radius 3 is 2.77 bits per heavy atom. The summed E-state index contributed by atoms with van der Waals surface area (Å²) in [6, 6.07) is 5.41. The molecule has 2 saturated heterocycles. The topological polar surface area (TPSA) is 99.3 Å². The van der Waals surface area contributed by atoms with Gasteiger partial charge in [-0.05, 0) is 51.0 Å². The van der Waals surface area contributed by atoms with Crippen molar-refractivity contribution in [1.29, 1.82) is 0 Å². The first-order valence-electron chi connectivity index (χ1n) is 11.0. The van der Waals surface area contributed by atoms with E-state index in [1.165, 1.54) is 26.0 Å². The van der Waals surface area contributed by atoms with Gasteiger partial charge in [-0.2, -0.15) is 15.0 Å². The molecule has 4 N–H and O–H groups in total. The van der Waals surface area contributed by atoms with Crippen LogP contribution in [0.25, 0.3) is 0 Å². The third-order valence-corrected chi connectivity index (χ3v) is 5.84. The second-order valence-corrected chi connectivity index (χ2v) is 7.92. The van der Waals surface area contributed by atoms with E-state index in [9.17, 15) is 4.39 Å². The Labute approximate surface area is 182 Å². The molecule has 31 heavy (non-hydrogen) atoms. The molecule has 0 amide bonds. The normalized spacial score (nSPS) is 21.3. The van der Waals surface area contributed by atoms with Crippen LogP contribution in [0.1, 0.15) is 26.2 Å². The van der Waals surface area contributed by atoms with E-state index < -0.39 is 5.82 Å². The lowest BCUT2D eigenvalue weighted by molar-refractivity contribution is 0.277. The van der Waals surface area contributed by atoms with Crippen molar-refractivity contribution in [2.75, 3.05) is 55.8 Å². The quantitative estimate of drug-likeness (QED) is 0.478. The van der Waals surface area contributed by atoms with Crippen LogP contribution in [0.15, 0.2) is 18.2 Å². The fraction of sp³-hybridized carbons (Fsp3) is 0.571. The smallest absolute Gasteiger partial charge is 0.233 e. The van der Waals surface area contributed by atoms with Gasteiger partial charge < -0.3 is 26.0 Å². The van der Waals surface area contributed by atoms with Crippen LogP contribution in [0.5, 0.6) is 5.75 Å². The number of hydrogen-bond acceptors (Lipinski definition) is 9. The first kappa shape index (κ1) is 21.5. The van der Waals surface area contributed by atoms with Crippen molar-refractivity contribution >= 4 is 23.5 Å². The Bertz CT molecular complexity index is 876. The standard InChI is InChI=1S/C21H31FN8O/c1-3-30-10-4-5-16(30)13-24-19-27-20(25-14-6-7-18(31-2)17(22)11-14)29-21(28-19)26-15-8-9-23-12-15/h6-7,11,15-16,23H,3-5,8-10,12-13H2,1-2H3,(H3,24,25,26,27,28,29). The molecule has 0 aliphatic carbocycles. The maximum absolute atomic E-state index is 14.1. The number of hydrogen-bond donors (Lipinski definition) is 4. The molecule has 1 aromatic carbocycles. The Morgan fingerprint density at radius 2 is 2.03 bits per heavy atom. The summed E-state index contributed by atoms with van der Waals surface area (Å²) < 4.78 is 19.1. The molecule has 2 aliphatic rings. The molecule has 2 fully saturated rings. The molecule has 2 aliphatic heterocycles. The van der Waals surface area contributed by atoms with Gasteiger partial charge in [0.05, 0.1) is 7.11 Å². The molecule has 2 atom stereocenters. The molecule has 10 heteroatoms. The molecule has 1 aromatic heterocycles. The first-order valence-corrected chi connectivity index (χ1v) is 11.0. The average Bonchev–Trinajstić information content (AvgIpc) is 3.44. The van der Waals surface area contributed by atoms with Crippen LogP contribution in [0.4, 0.5) is 27.9 Å². The summed E-state index contributed by atoms with van der Waals surface area (Å²) in [5.74, 6) is 1.10. The second kappa shape index (κ2) is 10.1. The van der Waals surface area contributed by atoms with E-state index >= 15 is 0 Å². The number of benzene rings is 1. The lowest BCUT2D eigenvalue weighted by Crippen LogP contribution is -2.35.